The summed E-state index contributed by atoms with van der Waals surface area (Å²) in [5, 5.41) is 4.81. The molecule has 0 spiro atoms. The molecule has 4 heteroatoms. The average molecular weight is 319 g/mol. The van der Waals surface area contributed by atoms with Crippen LogP contribution in [0.5, 0.6) is 0 Å². The Labute approximate surface area is 136 Å². The van der Waals surface area contributed by atoms with Crippen LogP contribution in [-0.4, -0.2) is 23.6 Å². The SMILES string of the molecule is CN(Cc1ccc(Cl)cc1)C(=S)NCCc1ccccc1. The molecule has 2 aromatic rings. The Bertz CT molecular complexity index is 569. The molecule has 0 radical (unpaired) electrons. The number of benzene rings is 2. The lowest BCUT2D eigenvalue weighted by Gasteiger charge is -2.21. The number of rotatable bonds is 5. The molecule has 2 aromatic carbocycles. The largest absolute Gasteiger partial charge is 0.362 e. The Morgan fingerprint density at radius 3 is 2.38 bits per heavy atom. The van der Waals surface area contributed by atoms with E-state index in [1.165, 1.54) is 11.1 Å². The highest BCUT2D eigenvalue weighted by Crippen LogP contribution is 2.11. The summed E-state index contributed by atoms with van der Waals surface area (Å²) in [7, 11) is 1.99. The molecule has 2 nitrogen and oxygen atoms in total. The Morgan fingerprint density at radius 1 is 1.05 bits per heavy atom. The summed E-state index contributed by atoms with van der Waals surface area (Å²) in [6.07, 6.45) is 0.968. The molecular formula is C17H19ClN2S. The number of hydrogen-bond donors (Lipinski definition) is 1. The fourth-order valence-corrected chi connectivity index (χ4v) is 2.32. The molecule has 21 heavy (non-hydrogen) atoms. The van der Waals surface area contributed by atoms with Crippen molar-refractivity contribution < 1.29 is 0 Å². The molecule has 0 aromatic heterocycles. The first-order valence-corrected chi connectivity index (χ1v) is 7.71. The minimum absolute atomic E-state index is 0.755. The van der Waals surface area contributed by atoms with Gasteiger partial charge < -0.3 is 10.2 Å². The van der Waals surface area contributed by atoms with Gasteiger partial charge in [0.25, 0.3) is 0 Å². The highest BCUT2D eigenvalue weighted by Gasteiger charge is 2.04. The monoisotopic (exact) mass is 318 g/mol. The Balaban J connectivity index is 1.76. The lowest BCUT2D eigenvalue weighted by atomic mass is 10.1. The Kier molecular flexibility index (Phi) is 6.03. The maximum Gasteiger partial charge on any atom is 0.168 e. The fourth-order valence-electron chi connectivity index (χ4n) is 2.03. The minimum Gasteiger partial charge on any atom is -0.362 e. The molecule has 0 aliphatic heterocycles. The van der Waals surface area contributed by atoms with Gasteiger partial charge in [0, 0.05) is 25.2 Å². The summed E-state index contributed by atoms with van der Waals surface area (Å²) in [6.45, 7) is 1.61. The van der Waals surface area contributed by atoms with Gasteiger partial charge in [-0.05, 0) is 41.9 Å². The lowest BCUT2D eigenvalue weighted by Crippen LogP contribution is -2.37. The van der Waals surface area contributed by atoms with Crippen molar-refractivity contribution in [2.75, 3.05) is 13.6 Å². The van der Waals surface area contributed by atoms with Gasteiger partial charge in [0.15, 0.2) is 5.11 Å². The molecular weight excluding hydrogens is 300 g/mol. The van der Waals surface area contributed by atoms with Crippen molar-refractivity contribution in [2.24, 2.45) is 0 Å². The Hall–Kier alpha value is -1.58. The molecule has 0 saturated heterocycles. The smallest absolute Gasteiger partial charge is 0.168 e. The van der Waals surface area contributed by atoms with Crippen molar-refractivity contribution in [3.8, 4) is 0 Å². The van der Waals surface area contributed by atoms with Crippen molar-refractivity contribution in [3.05, 3.63) is 70.7 Å². The van der Waals surface area contributed by atoms with E-state index in [0.29, 0.717) is 0 Å². The van der Waals surface area contributed by atoms with Crippen LogP contribution in [-0.2, 0) is 13.0 Å². The number of halogens is 1. The summed E-state index contributed by atoms with van der Waals surface area (Å²) < 4.78 is 0. The molecule has 0 atom stereocenters. The van der Waals surface area contributed by atoms with E-state index in [1.54, 1.807) is 0 Å². The molecule has 2 rings (SSSR count). The lowest BCUT2D eigenvalue weighted by molar-refractivity contribution is 0.489. The molecule has 0 aliphatic rings. The van der Waals surface area contributed by atoms with Gasteiger partial charge in [-0.25, -0.2) is 0 Å². The predicted molar refractivity (Wildman–Crippen MR) is 93.7 cm³/mol. The van der Waals surface area contributed by atoms with E-state index in [9.17, 15) is 0 Å². The van der Waals surface area contributed by atoms with Crippen LogP contribution in [0.1, 0.15) is 11.1 Å². The van der Waals surface area contributed by atoms with Crippen LogP contribution in [0.4, 0.5) is 0 Å². The van der Waals surface area contributed by atoms with E-state index in [0.717, 1.165) is 29.6 Å². The van der Waals surface area contributed by atoms with E-state index in [-0.39, 0.29) is 0 Å². The van der Waals surface area contributed by atoms with Gasteiger partial charge in [0.2, 0.25) is 0 Å². The standard InChI is InChI=1S/C17H19ClN2S/c1-20(13-15-7-9-16(18)10-8-15)17(21)19-12-11-14-5-3-2-4-6-14/h2-10H,11-13H2,1H3,(H,19,21). The zero-order chi connectivity index (χ0) is 15.1. The van der Waals surface area contributed by atoms with Crippen LogP contribution in [0.3, 0.4) is 0 Å². The van der Waals surface area contributed by atoms with Gasteiger partial charge in [0.1, 0.15) is 0 Å². The van der Waals surface area contributed by atoms with Crippen molar-refractivity contribution in [1.82, 2.24) is 10.2 Å². The number of nitrogens with one attached hydrogen (secondary N) is 1. The van der Waals surface area contributed by atoms with Crippen molar-refractivity contribution >= 4 is 28.9 Å². The van der Waals surface area contributed by atoms with Crippen molar-refractivity contribution in [3.63, 3.8) is 0 Å². The van der Waals surface area contributed by atoms with E-state index < -0.39 is 0 Å². The highest BCUT2D eigenvalue weighted by molar-refractivity contribution is 7.80. The van der Waals surface area contributed by atoms with E-state index in [4.69, 9.17) is 23.8 Å². The first kappa shape index (κ1) is 15.8. The van der Waals surface area contributed by atoms with Crippen molar-refractivity contribution in [2.45, 2.75) is 13.0 Å². The summed E-state index contributed by atoms with van der Waals surface area (Å²) in [5.41, 5.74) is 2.50. The van der Waals surface area contributed by atoms with Gasteiger partial charge in [-0.3, -0.25) is 0 Å². The van der Waals surface area contributed by atoms with Crippen LogP contribution in [0, 0.1) is 0 Å². The third kappa shape index (κ3) is 5.37. The van der Waals surface area contributed by atoms with E-state index in [2.05, 4.69) is 29.6 Å². The summed E-state index contributed by atoms with van der Waals surface area (Å²) >= 11 is 11.3. The third-order valence-electron chi connectivity index (χ3n) is 3.21. The van der Waals surface area contributed by atoms with Gasteiger partial charge in [-0.15, -0.1) is 0 Å². The molecule has 0 unspecified atom stereocenters. The molecule has 0 heterocycles. The molecule has 0 amide bonds. The normalized spacial score (nSPS) is 10.2. The van der Waals surface area contributed by atoms with Crippen LogP contribution in [0.2, 0.25) is 5.02 Å². The second-order valence-corrected chi connectivity index (χ2v) is 5.77. The third-order valence-corrected chi connectivity index (χ3v) is 3.92. The molecule has 1 N–H and O–H groups in total. The minimum atomic E-state index is 0.755. The molecule has 0 saturated carbocycles. The van der Waals surface area contributed by atoms with E-state index >= 15 is 0 Å². The van der Waals surface area contributed by atoms with Gasteiger partial charge in [-0.2, -0.15) is 0 Å². The number of hydrogen-bond acceptors (Lipinski definition) is 1. The van der Waals surface area contributed by atoms with Crippen LogP contribution >= 0.6 is 23.8 Å². The quantitative estimate of drug-likeness (QED) is 0.842. The highest BCUT2D eigenvalue weighted by atomic mass is 35.5. The Morgan fingerprint density at radius 2 is 1.71 bits per heavy atom. The van der Waals surface area contributed by atoms with Crippen molar-refractivity contribution in [1.29, 1.82) is 0 Å². The second kappa shape index (κ2) is 8.01. The molecule has 0 aliphatic carbocycles. The van der Waals surface area contributed by atoms with Crippen LogP contribution in [0.25, 0.3) is 0 Å². The average Bonchev–Trinajstić information content (AvgIpc) is 2.50. The van der Waals surface area contributed by atoms with Crippen LogP contribution < -0.4 is 5.32 Å². The zero-order valence-corrected chi connectivity index (χ0v) is 13.6. The van der Waals surface area contributed by atoms with Gasteiger partial charge >= 0.3 is 0 Å². The number of nitrogens with zero attached hydrogens (tertiary/aromatic N) is 1. The maximum absolute atomic E-state index is 5.89. The second-order valence-electron chi connectivity index (χ2n) is 4.95. The first-order chi connectivity index (χ1) is 10.1. The van der Waals surface area contributed by atoms with Gasteiger partial charge in [0.05, 0.1) is 0 Å². The topological polar surface area (TPSA) is 15.3 Å². The zero-order valence-electron chi connectivity index (χ0n) is 12.1. The van der Waals surface area contributed by atoms with E-state index in [1.807, 2.05) is 42.3 Å². The molecule has 110 valence electrons. The number of thiocarbonyl (C=S) groups is 1. The summed E-state index contributed by atoms with van der Waals surface area (Å²) in [6, 6.07) is 18.2. The van der Waals surface area contributed by atoms with Crippen LogP contribution in [0.15, 0.2) is 54.6 Å². The molecule has 0 fully saturated rings. The summed E-state index contributed by atoms with van der Waals surface area (Å²) in [4.78, 5) is 2.03. The summed E-state index contributed by atoms with van der Waals surface area (Å²) in [5.74, 6) is 0. The fraction of sp³-hybridized carbons (Fsp3) is 0.235. The first-order valence-electron chi connectivity index (χ1n) is 6.92. The van der Waals surface area contributed by atoms with Gasteiger partial charge in [-0.1, -0.05) is 54.1 Å². The maximum atomic E-state index is 5.89. The molecule has 0 bridgehead atoms. The predicted octanol–water partition coefficient (Wildman–Crippen LogP) is 3.89.